The summed E-state index contributed by atoms with van der Waals surface area (Å²) in [6, 6.07) is 6.06. The Labute approximate surface area is 115 Å². The van der Waals surface area contributed by atoms with Crippen molar-refractivity contribution in [1.29, 1.82) is 0 Å². The van der Waals surface area contributed by atoms with Gasteiger partial charge in [-0.25, -0.2) is 0 Å². The summed E-state index contributed by atoms with van der Waals surface area (Å²) in [5.41, 5.74) is 0.228. The van der Waals surface area contributed by atoms with Gasteiger partial charge in [-0.3, -0.25) is 14.9 Å². The Morgan fingerprint density at radius 1 is 1.25 bits per heavy atom. The van der Waals surface area contributed by atoms with E-state index in [-0.39, 0.29) is 32.0 Å². The second kappa shape index (κ2) is 8.03. The van der Waals surface area contributed by atoms with Gasteiger partial charge in [0.1, 0.15) is 0 Å². The zero-order chi connectivity index (χ0) is 15.0. The van der Waals surface area contributed by atoms with E-state index in [0.29, 0.717) is 5.56 Å². The van der Waals surface area contributed by atoms with Crippen LogP contribution in [0.1, 0.15) is 5.56 Å². The molecule has 0 aliphatic heterocycles. The smallest absolute Gasteiger partial charge is 0.276 e. The first-order valence-electron chi connectivity index (χ1n) is 6.02. The van der Waals surface area contributed by atoms with E-state index in [1.807, 2.05) is 0 Å². The summed E-state index contributed by atoms with van der Waals surface area (Å²) >= 11 is 0. The molecule has 0 saturated heterocycles. The molecule has 2 N–H and O–H groups in total. The third-order valence-corrected chi connectivity index (χ3v) is 2.59. The number of carbonyl (C=O) groups is 1. The van der Waals surface area contributed by atoms with Gasteiger partial charge in [0, 0.05) is 25.2 Å². The van der Waals surface area contributed by atoms with Crippen molar-refractivity contribution in [2.24, 2.45) is 0 Å². The average molecular weight is 280 g/mol. The maximum Gasteiger partial charge on any atom is 0.276 e. The summed E-state index contributed by atoms with van der Waals surface area (Å²) in [5.74, 6) is -0.425. The SMILES string of the molecule is O=C(/C=C/c1ccccc1[N+](=O)[O-])N(CCO)CCO. The predicted octanol–water partition coefficient (Wildman–Crippen LogP) is 0.421. The van der Waals surface area contributed by atoms with Crippen molar-refractivity contribution >= 4 is 17.7 Å². The van der Waals surface area contributed by atoms with Crippen LogP contribution in [-0.2, 0) is 4.79 Å². The largest absolute Gasteiger partial charge is 0.395 e. The van der Waals surface area contributed by atoms with Gasteiger partial charge >= 0.3 is 0 Å². The average Bonchev–Trinajstić information content (AvgIpc) is 2.44. The van der Waals surface area contributed by atoms with Crippen molar-refractivity contribution in [3.8, 4) is 0 Å². The van der Waals surface area contributed by atoms with Gasteiger partial charge in [-0.2, -0.15) is 0 Å². The number of hydrogen-bond donors (Lipinski definition) is 2. The molecule has 0 atom stereocenters. The molecule has 0 aliphatic carbocycles. The number of carbonyl (C=O) groups excluding carboxylic acids is 1. The van der Waals surface area contributed by atoms with E-state index in [1.54, 1.807) is 12.1 Å². The van der Waals surface area contributed by atoms with Gasteiger partial charge in [-0.1, -0.05) is 12.1 Å². The van der Waals surface area contributed by atoms with E-state index in [1.165, 1.54) is 29.2 Å². The molecule has 0 radical (unpaired) electrons. The van der Waals surface area contributed by atoms with Crippen molar-refractivity contribution in [1.82, 2.24) is 4.90 Å². The molecule has 0 bridgehead atoms. The first-order chi connectivity index (χ1) is 9.60. The zero-order valence-corrected chi connectivity index (χ0v) is 10.8. The Morgan fingerprint density at radius 3 is 2.40 bits per heavy atom. The Bertz CT molecular complexity index is 495. The predicted molar refractivity (Wildman–Crippen MR) is 72.9 cm³/mol. The van der Waals surface area contributed by atoms with Gasteiger partial charge in [0.05, 0.1) is 23.7 Å². The number of para-hydroxylation sites is 1. The summed E-state index contributed by atoms with van der Waals surface area (Å²) in [7, 11) is 0. The first kappa shape index (κ1) is 15.8. The highest BCUT2D eigenvalue weighted by Gasteiger charge is 2.12. The minimum atomic E-state index is -0.524. The highest BCUT2D eigenvalue weighted by molar-refractivity contribution is 5.92. The van der Waals surface area contributed by atoms with Gasteiger partial charge in [0.25, 0.3) is 5.69 Å². The van der Waals surface area contributed by atoms with E-state index in [2.05, 4.69) is 0 Å². The molecule has 1 amide bonds. The van der Waals surface area contributed by atoms with Crippen molar-refractivity contribution in [2.45, 2.75) is 0 Å². The molecule has 7 heteroatoms. The molecule has 0 unspecified atom stereocenters. The molecule has 1 rings (SSSR count). The lowest BCUT2D eigenvalue weighted by atomic mass is 10.1. The van der Waals surface area contributed by atoms with Crippen molar-refractivity contribution in [2.75, 3.05) is 26.3 Å². The van der Waals surface area contributed by atoms with Crippen LogP contribution in [0.5, 0.6) is 0 Å². The first-order valence-corrected chi connectivity index (χ1v) is 6.02. The standard InChI is InChI=1S/C13H16N2O5/c16-9-7-14(8-10-17)13(18)6-5-11-3-1-2-4-12(11)15(19)20/h1-6,16-17H,7-10H2/b6-5+. The maximum absolute atomic E-state index is 11.8. The van der Waals surface area contributed by atoms with E-state index in [0.717, 1.165) is 0 Å². The molecular weight excluding hydrogens is 264 g/mol. The molecule has 0 fully saturated rings. The van der Waals surface area contributed by atoms with Gasteiger partial charge in [-0.05, 0) is 12.1 Å². The van der Waals surface area contributed by atoms with Gasteiger partial charge in [-0.15, -0.1) is 0 Å². The molecule has 0 spiro atoms. The number of nitro benzene ring substituents is 1. The Kier molecular flexibility index (Phi) is 6.34. The maximum atomic E-state index is 11.8. The number of benzene rings is 1. The van der Waals surface area contributed by atoms with E-state index < -0.39 is 10.8 Å². The van der Waals surface area contributed by atoms with Crippen LogP contribution in [-0.4, -0.2) is 52.2 Å². The second-order valence-corrected chi connectivity index (χ2v) is 3.92. The Balaban J connectivity index is 2.86. The number of aliphatic hydroxyl groups is 2. The van der Waals surface area contributed by atoms with Crippen LogP contribution in [0.3, 0.4) is 0 Å². The molecule has 108 valence electrons. The molecule has 7 nitrogen and oxygen atoms in total. The lowest BCUT2D eigenvalue weighted by Gasteiger charge is -2.18. The quantitative estimate of drug-likeness (QED) is 0.428. The highest BCUT2D eigenvalue weighted by Crippen LogP contribution is 2.18. The molecule has 0 aromatic heterocycles. The van der Waals surface area contributed by atoms with Gasteiger partial charge in [0.15, 0.2) is 0 Å². The van der Waals surface area contributed by atoms with E-state index >= 15 is 0 Å². The Morgan fingerprint density at radius 2 is 1.85 bits per heavy atom. The number of rotatable bonds is 7. The van der Waals surface area contributed by atoms with Crippen LogP contribution in [0, 0.1) is 10.1 Å². The molecule has 0 aliphatic rings. The molecular formula is C13H16N2O5. The van der Waals surface area contributed by atoms with Crippen LogP contribution in [0.2, 0.25) is 0 Å². The second-order valence-electron chi connectivity index (χ2n) is 3.92. The van der Waals surface area contributed by atoms with Crippen molar-refractivity contribution in [3.63, 3.8) is 0 Å². The van der Waals surface area contributed by atoms with Crippen LogP contribution in [0.15, 0.2) is 30.3 Å². The van der Waals surface area contributed by atoms with Crippen LogP contribution in [0.25, 0.3) is 6.08 Å². The normalized spacial score (nSPS) is 10.7. The summed E-state index contributed by atoms with van der Waals surface area (Å²) in [6.07, 6.45) is 2.54. The van der Waals surface area contributed by atoms with Crippen LogP contribution >= 0.6 is 0 Å². The zero-order valence-electron chi connectivity index (χ0n) is 10.8. The van der Waals surface area contributed by atoms with Crippen LogP contribution < -0.4 is 0 Å². The third-order valence-electron chi connectivity index (χ3n) is 2.59. The minimum absolute atomic E-state index is 0.0904. The molecule has 20 heavy (non-hydrogen) atoms. The molecule has 0 saturated carbocycles. The number of hydrogen-bond acceptors (Lipinski definition) is 5. The summed E-state index contributed by atoms with van der Waals surface area (Å²) < 4.78 is 0. The number of nitrogens with zero attached hydrogens (tertiary/aromatic N) is 2. The fourth-order valence-electron chi connectivity index (χ4n) is 1.63. The number of aliphatic hydroxyl groups excluding tert-OH is 2. The lowest BCUT2D eigenvalue weighted by Crippen LogP contribution is -2.34. The van der Waals surface area contributed by atoms with Gasteiger partial charge in [0.2, 0.25) is 5.91 Å². The Hall–Kier alpha value is -2.25. The lowest BCUT2D eigenvalue weighted by molar-refractivity contribution is -0.385. The topological polar surface area (TPSA) is 104 Å². The molecule has 1 aromatic rings. The van der Waals surface area contributed by atoms with Crippen LogP contribution in [0.4, 0.5) is 5.69 Å². The highest BCUT2D eigenvalue weighted by atomic mass is 16.6. The fraction of sp³-hybridized carbons (Fsp3) is 0.308. The van der Waals surface area contributed by atoms with E-state index in [4.69, 9.17) is 10.2 Å². The third kappa shape index (κ3) is 4.45. The summed E-state index contributed by atoms with van der Waals surface area (Å²) in [5, 5.41) is 28.5. The molecule has 1 aromatic carbocycles. The summed E-state index contributed by atoms with van der Waals surface area (Å²) in [4.78, 5) is 23.4. The van der Waals surface area contributed by atoms with Crippen molar-refractivity contribution < 1.29 is 19.9 Å². The molecule has 0 heterocycles. The fourth-order valence-corrected chi connectivity index (χ4v) is 1.63. The minimum Gasteiger partial charge on any atom is -0.395 e. The monoisotopic (exact) mass is 280 g/mol. The van der Waals surface area contributed by atoms with Gasteiger partial charge < -0.3 is 15.1 Å². The number of amides is 1. The van der Waals surface area contributed by atoms with Crippen molar-refractivity contribution in [3.05, 3.63) is 46.0 Å². The summed E-state index contributed by atoms with van der Waals surface area (Å²) in [6.45, 7) is -0.239. The number of nitro groups is 1. The van der Waals surface area contributed by atoms with E-state index in [9.17, 15) is 14.9 Å².